The molecular formula is C15H22O2. The van der Waals surface area contributed by atoms with Crippen LogP contribution >= 0.6 is 0 Å². The number of rotatable bonds is 3. The van der Waals surface area contributed by atoms with Crippen LogP contribution in [-0.4, -0.2) is 22.4 Å². The van der Waals surface area contributed by atoms with E-state index in [0.29, 0.717) is 12.3 Å². The Morgan fingerprint density at radius 1 is 1.24 bits per heavy atom. The van der Waals surface area contributed by atoms with Gasteiger partial charge in [-0.15, -0.1) is 0 Å². The summed E-state index contributed by atoms with van der Waals surface area (Å²) in [5.41, 5.74) is 2.46. The number of hydrogen-bond acceptors (Lipinski definition) is 2. The molecule has 2 rings (SSSR count). The molecule has 1 aromatic carbocycles. The molecule has 3 atom stereocenters. The lowest BCUT2D eigenvalue weighted by atomic mass is 9.72. The Balaban J connectivity index is 1.96. The van der Waals surface area contributed by atoms with Crippen LogP contribution in [0.15, 0.2) is 24.3 Å². The highest BCUT2D eigenvalue weighted by Gasteiger charge is 2.34. The van der Waals surface area contributed by atoms with Crippen molar-refractivity contribution in [2.45, 2.75) is 51.7 Å². The lowest BCUT2D eigenvalue weighted by Gasteiger charge is -2.36. The highest BCUT2D eigenvalue weighted by atomic mass is 16.3. The van der Waals surface area contributed by atoms with Crippen molar-refractivity contribution in [3.05, 3.63) is 35.4 Å². The zero-order chi connectivity index (χ0) is 12.6. The smallest absolute Gasteiger partial charge is 0.0847 e. The van der Waals surface area contributed by atoms with E-state index in [0.717, 1.165) is 6.42 Å². The Kier molecular flexibility index (Phi) is 3.28. The van der Waals surface area contributed by atoms with Crippen molar-refractivity contribution in [2.24, 2.45) is 5.41 Å². The van der Waals surface area contributed by atoms with Crippen LogP contribution in [-0.2, 0) is 6.42 Å². The molecule has 2 nitrogen and oxygen atoms in total. The molecule has 0 fully saturated rings. The Hall–Kier alpha value is -0.860. The quantitative estimate of drug-likeness (QED) is 0.843. The lowest BCUT2D eigenvalue weighted by molar-refractivity contribution is -0.0508. The van der Waals surface area contributed by atoms with Gasteiger partial charge in [0.1, 0.15) is 0 Å². The van der Waals surface area contributed by atoms with Gasteiger partial charge in [0.15, 0.2) is 0 Å². The van der Waals surface area contributed by atoms with E-state index in [9.17, 15) is 10.2 Å². The van der Waals surface area contributed by atoms with Crippen LogP contribution in [0.4, 0.5) is 0 Å². The normalized spacial score (nSPS) is 22.5. The van der Waals surface area contributed by atoms with E-state index >= 15 is 0 Å². The molecule has 17 heavy (non-hydrogen) atoms. The molecule has 0 radical (unpaired) electrons. The predicted molar refractivity (Wildman–Crippen MR) is 69.0 cm³/mol. The Morgan fingerprint density at radius 3 is 2.47 bits per heavy atom. The van der Waals surface area contributed by atoms with Crippen molar-refractivity contribution in [3.8, 4) is 0 Å². The summed E-state index contributed by atoms with van der Waals surface area (Å²) in [6.07, 6.45) is 0.406. The molecular weight excluding hydrogens is 212 g/mol. The summed E-state index contributed by atoms with van der Waals surface area (Å²) >= 11 is 0. The third-order valence-corrected chi connectivity index (χ3v) is 3.74. The summed E-state index contributed by atoms with van der Waals surface area (Å²) in [5.74, 6) is 0.415. The summed E-state index contributed by atoms with van der Waals surface area (Å²) in [6.45, 7) is 5.86. The largest absolute Gasteiger partial charge is 0.390 e. The molecule has 0 bridgehead atoms. The van der Waals surface area contributed by atoms with Crippen molar-refractivity contribution >= 4 is 0 Å². The number of aliphatic hydroxyl groups is 2. The predicted octanol–water partition coefficient (Wildman–Crippen LogP) is 2.48. The molecule has 1 aromatic rings. The van der Waals surface area contributed by atoms with Gasteiger partial charge >= 0.3 is 0 Å². The maximum absolute atomic E-state index is 10.1. The molecule has 3 unspecified atom stereocenters. The van der Waals surface area contributed by atoms with Crippen molar-refractivity contribution < 1.29 is 10.2 Å². The molecule has 1 aliphatic carbocycles. The standard InChI is InChI=1S/C15H22O2/c1-15(2,3)14(17)13(16)9-11-8-10-6-4-5-7-12(10)11/h4-7,11,13-14,16-17H,8-9H2,1-3H3. The Morgan fingerprint density at radius 2 is 1.88 bits per heavy atom. The van der Waals surface area contributed by atoms with Crippen LogP contribution in [0.3, 0.4) is 0 Å². The first-order valence-corrected chi connectivity index (χ1v) is 6.33. The second-order valence-corrected chi connectivity index (χ2v) is 6.21. The van der Waals surface area contributed by atoms with E-state index in [1.54, 1.807) is 0 Å². The third kappa shape index (κ3) is 2.53. The SMILES string of the molecule is CC(C)(C)C(O)C(O)CC1Cc2ccccc21. The van der Waals surface area contributed by atoms with Crippen LogP contribution in [0.25, 0.3) is 0 Å². The lowest BCUT2D eigenvalue weighted by Crippen LogP contribution is -2.39. The number of hydrogen-bond donors (Lipinski definition) is 2. The minimum atomic E-state index is -0.657. The summed E-state index contributed by atoms with van der Waals surface area (Å²) < 4.78 is 0. The summed E-state index contributed by atoms with van der Waals surface area (Å²) in [6, 6.07) is 8.35. The van der Waals surface area contributed by atoms with E-state index in [1.807, 2.05) is 26.8 Å². The van der Waals surface area contributed by atoms with Gasteiger partial charge in [-0.25, -0.2) is 0 Å². The average molecular weight is 234 g/mol. The van der Waals surface area contributed by atoms with Gasteiger partial charge in [-0.1, -0.05) is 45.0 Å². The fraction of sp³-hybridized carbons (Fsp3) is 0.600. The topological polar surface area (TPSA) is 40.5 Å². The summed E-state index contributed by atoms with van der Waals surface area (Å²) in [5, 5.41) is 20.1. The van der Waals surface area contributed by atoms with Gasteiger partial charge in [0.25, 0.3) is 0 Å². The summed E-state index contributed by atoms with van der Waals surface area (Å²) in [4.78, 5) is 0. The Bertz CT molecular complexity index is 392. The molecule has 1 aliphatic rings. The van der Waals surface area contributed by atoms with Crippen LogP contribution in [0.1, 0.15) is 44.2 Å². The average Bonchev–Trinajstić information content (AvgIpc) is 2.23. The molecule has 0 amide bonds. The third-order valence-electron chi connectivity index (χ3n) is 3.74. The molecule has 0 heterocycles. The number of fused-ring (bicyclic) bond motifs is 1. The Labute approximate surface area is 103 Å². The molecule has 0 saturated heterocycles. The minimum Gasteiger partial charge on any atom is -0.390 e. The molecule has 0 spiro atoms. The maximum atomic E-state index is 10.1. The fourth-order valence-electron chi connectivity index (χ4n) is 2.57. The fourth-order valence-corrected chi connectivity index (χ4v) is 2.57. The van der Waals surface area contributed by atoms with Crippen molar-refractivity contribution in [1.29, 1.82) is 0 Å². The van der Waals surface area contributed by atoms with Crippen LogP contribution < -0.4 is 0 Å². The van der Waals surface area contributed by atoms with E-state index < -0.39 is 12.2 Å². The van der Waals surface area contributed by atoms with Gasteiger partial charge in [-0.05, 0) is 35.3 Å². The van der Waals surface area contributed by atoms with E-state index in [4.69, 9.17) is 0 Å². The highest BCUT2D eigenvalue weighted by Crippen LogP contribution is 2.39. The van der Waals surface area contributed by atoms with E-state index in [-0.39, 0.29) is 5.41 Å². The summed E-state index contributed by atoms with van der Waals surface area (Å²) in [7, 11) is 0. The maximum Gasteiger partial charge on any atom is 0.0847 e. The molecule has 94 valence electrons. The molecule has 0 aliphatic heterocycles. The van der Waals surface area contributed by atoms with Crippen molar-refractivity contribution in [1.82, 2.24) is 0 Å². The first-order valence-electron chi connectivity index (χ1n) is 6.33. The number of benzene rings is 1. The first-order chi connectivity index (χ1) is 7.89. The monoisotopic (exact) mass is 234 g/mol. The van der Waals surface area contributed by atoms with Gasteiger partial charge in [-0.2, -0.15) is 0 Å². The van der Waals surface area contributed by atoms with Crippen molar-refractivity contribution in [3.63, 3.8) is 0 Å². The highest BCUT2D eigenvalue weighted by molar-refractivity contribution is 5.39. The van der Waals surface area contributed by atoms with E-state index in [1.165, 1.54) is 11.1 Å². The minimum absolute atomic E-state index is 0.261. The van der Waals surface area contributed by atoms with Crippen LogP contribution in [0, 0.1) is 5.41 Å². The zero-order valence-electron chi connectivity index (χ0n) is 10.9. The van der Waals surface area contributed by atoms with Gasteiger partial charge in [-0.3, -0.25) is 0 Å². The zero-order valence-corrected chi connectivity index (χ0v) is 10.9. The van der Waals surface area contributed by atoms with Gasteiger partial charge in [0.05, 0.1) is 12.2 Å². The number of aliphatic hydroxyl groups excluding tert-OH is 2. The van der Waals surface area contributed by atoms with Crippen molar-refractivity contribution in [2.75, 3.05) is 0 Å². The molecule has 2 heteroatoms. The molecule has 2 N–H and O–H groups in total. The first kappa shape index (κ1) is 12.6. The van der Waals surface area contributed by atoms with Gasteiger partial charge in [0, 0.05) is 0 Å². The van der Waals surface area contributed by atoms with Gasteiger partial charge in [0.2, 0.25) is 0 Å². The molecule has 0 saturated carbocycles. The van der Waals surface area contributed by atoms with Crippen LogP contribution in [0.2, 0.25) is 0 Å². The van der Waals surface area contributed by atoms with E-state index in [2.05, 4.69) is 18.2 Å². The van der Waals surface area contributed by atoms with Crippen LogP contribution in [0.5, 0.6) is 0 Å². The molecule has 0 aromatic heterocycles. The second-order valence-electron chi connectivity index (χ2n) is 6.21. The second kappa shape index (κ2) is 4.43. The van der Waals surface area contributed by atoms with Gasteiger partial charge < -0.3 is 10.2 Å².